The molecule has 0 bridgehead atoms. The SMILES string of the molecule is Cc1ccc(CC(=O)/C(=C/[C@H]2CCC(=O)C2)c2ccc(S(=O)(=O)C3CC3)c(C3CC3)c2)nc1.Cl. The number of rotatable bonds is 8. The summed E-state index contributed by atoms with van der Waals surface area (Å²) in [5.74, 6) is 0.469. The molecular formula is C27H30ClNO4S. The Kier molecular flexibility index (Phi) is 7.11. The highest BCUT2D eigenvalue weighted by Gasteiger charge is 2.40. The molecule has 2 aromatic rings. The van der Waals surface area contributed by atoms with Crippen molar-refractivity contribution in [2.24, 2.45) is 5.92 Å². The van der Waals surface area contributed by atoms with E-state index in [0.29, 0.717) is 29.0 Å². The fourth-order valence-corrected chi connectivity index (χ4v) is 6.61. The van der Waals surface area contributed by atoms with Crippen LogP contribution in [-0.2, 0) is 25.8 Å². The predicted octanol–water partition coefficient (Wildman–Crippen LogP) is 5.19. The Morgan fingerprint density at radius 3 is 2.44 bits per heavy atom. The van der Waals surface area contributed by atoms with Gasteiger partial charge in [-0.15, -0.1) is 12.4 Å². The summed E-state index contributed by atoms with van der Waals surface area (Å²) >= 11 is 0. The van der Waals surface area contributed by atoms with Crippen LogP contribution in [-0.4, -0.2) is 30.2 Å². The van der Waals surface area contributed by atoms with Gasteiger partial charge in [0, 0.05) is 30.3 Å². The third kappa shape index (κ3) is 5.33. The predicted molar refractivity (Wildman–Crippen MR) is 134 cm³/mol. The molecule has 0 aliphatic heterocycles. The number of nitrogens with zero attached hydrogens (tertiary/aromatic N) is 1. The Hall–Kier alpha value is -2.31. The van der Waals surface area contributed by atoms with E-state index in [4.69, 9.17) is 0 Å². The van der Waals surface area contributed by atoms with Gasteiger partial charge in [-0.3, -0.25) is 14.6 Å². The van der Waals surface area contributed by atoms with Crippen LogP contribution in [0, 0.1) is 12.8 Å². The maximum Gasteiger partial charge on any atom is 0.181 e. The van der Waals surface area contributed by atoms with Gasteiger partial charge in [-0.25, -0.2) is 8.42 Å². The molecule has 3 aliphatic carbocycles. The average Bonchev–Trinajstić information content (AvgIpc) is 3.70. The monoisotopic (exact) mass is 499 g/mol. The quantitative estimate of drug-likeness (QED) is 0.467. The Morgan fingerprint density at radius 2 is 1.85 bits per heavy atom. The molecule has 7 heteroatoms. The zero-order valence-electron chi connectivity index (χ0n) is 19.3. The average molecular weight is 500 g/mol. The van der Waals surface area contributed by atoms with E-state index in [-0.39, 0.29) is 47.5 Å². The summed E-state index contributed by atoms with van der Waals surface area (Å²) in [5.41, 5.74) is 3.92. The molecule has 3 fully saturated rings. The first-order valence-electron chi connectivity index (χ1n) is 11.9. The molecule has 1 aromatic carbocycles. The van der Waals surface area contributed by atoms with Gasteiger partial charge in [0.1, 0.15) is 5.78 Å². The number of sulfone groups is 1. The van der Waals surface area contributed by atoms with E-state index in [2.05, 4.69) is 4.98 Å². The van der Waals surface area contributed by atoms with Crippen molar-refractivity contribution in [2.45, 2.75) is 74.4 Å². The topological polar surface area (TPSA) is 81.2 Å². The second kappa shape index (κ2) is 9.74. The van der Waals surface area contributed by atoms with Crippen LogP contribution in [0.4, 0.5) is 0 Å². The molecule has 0 saturated heterocycles. The van der Waals surface area contributed by atoms with Crippen LogP contribution in [0.3, 0.4) is 0 Å². The van der Waals surface area contributed by atoms with E-state index in [1.165, 1.54) is 0 Å². The van der Waals surface area contributed by atoms with Crippen molar-refractivity contribution in [2.75, 3.05) is 0 Å². The van der Waals surface area contributed by atoms with Crippen LogP contribution in [0.25, 0.3) is 5.57 Å². The number of pyridine rings is 1. The zero-order chi connectivity index (χ0) is 23.2. The molecule has 0 spiro atoms. The smallest absolute Gasteiger partial charge is 0.181 e. The van der Waals surface area contributed by atoms with Crippen molar-refractivity contribution in [3.63, 3.8) is 0 Å². The van der Waals surface area contributed by atoms with Crippen LogP contribution in [0.5, 0.6) is 0 Å². The molecule has 180 valence electrons. The summed E-state index contributed by atoms with van der Waals surface area (Å²) < 4.78 is 26.0. The summed E-state index contributed by atoms with van der Waals surface area (Å²) in [6, 6.07) is 9.23. The fourth-order valence-electron chi connectivity index (χ4n) is 4.68. The summed E-state index contributed by atoms with van der Waals surface area (Å²) in [4.78, 5) is 30.1. The minimum absolute atomic E-state index is 0. The molecule has 0 N–H and O–H groups in total. The molecule has 34 heavy (non-hydrogen) atoms. The van der Waals surface area contributed by atoms with Gasteiger partial charge in [-0.1, -0.05) is 18.2 Å². The van der Waals surface area contributed by atoms with E-state index >= 15 is 0 Å². The molecule has 1 aromatic heterocycles. The largest absolute Gasteiger partial charge is 0.300 e. The van der Waals surface area contributed by atoms with Gasteiger partial charge >= 0.3 is 0 Å². The normalized spacial score (nSPS) is 20.8. The lowest BCUT2D eigenvalue weighted by molar-refractivity contribution is -0.117. The molecule has 5 nitrogen and oxygen atoms in total. The first kappa shape index (κ1) is 24.8. The molecule has 1 atom stereocenters. The first-order valence-corrected chi connectivity index (χ1v) is 13.4. The standard InChI is InChI=1S/C27H29NO4S.ClH/c1-17-2-7-21(28-16-17)15-26(30)24(13-18-3-8-22(29)12-18)20-6-11-27(25(14-20)19-4-5-19)33(31,32)23-9-10-23;/h2,6-7,11,13-14,16,18-19,23H,3-5,8-10,12,15H2,1H3;1H/b24-13+;/t18-;/m0./s1. The van der Waals surface area contributed by atoms with Crippen LogP contribution >= 0.6 is 12.4 Å². The Balaban J connectivity index is 0.00000274. The van der Waals surface area contributed by atoms with Crippen molar-refractivity contribution in [3.05, 3.63) is 65.0 Å². The molecule has 5 rings (SSSR count). The van der Waals surface area contributed by atoms with Gasteiger partial charge in [-0.2, -0.15) is 0 Å². The molecular weight excluding hydrogens is 470 g/mol. The van der Waals surface area contributed by atoms with Crippen molar-refractivity contribution in [1.82, 2.24) is 4.98 Å². The Bertz CT molecular complexity index is 1240. The lowest BCUT2D eigenvalue weighted by Gasteiger charge is -2.15. The number of aryl methyl sites for hydroxylation is 1. The number of allylic oxidation sites excluding steroid dienone is 2. The number of benzene rings is 1. The van der Waals surface area contributed by atoms with Gasteiger partial charge in [0.25, 0.3) is 0 Å². The van der Waals surface area contributed by atoms with Crippen molar-refractivity contribution >= 4 is 39.4 Å². The Morgan fingerprint density at radius 1 is 1.09 bits per heavy atom. The lowest BCUT2D eigenvalue weighted by atomic mass is 9.92. The number of aromatic nitrogens is 1. The molecule has 0 unspecified atom stereocenters. The third-order valence-corrected chi connectivity index (χ3v) is 9.24. The van der Waals surface area contributed by atoms with E-state index in [1.54, 1.807) is 18.3 Å². The second-order valence-electron chi connectivity index (χ2n) is 9.82. The van der Waals surface area contributed by atoms with Gasteiger partial charge in [0.15, 0.2) is 15.6 Å². The number of carbonyl (C=O) groups is 2. The van der Waals surface area contributed by atoms with Crippen LogP contribution in [0.2, 0.25) is 0 Å². The van der Waals surface area contributed by atoms with Crippen LogP contribution < -0.4 is 0 Å². The van der Waals surface area contributed by atoms with Gasteiger partial charge in [-0.05, 0) is 85.8 Å². The maximum atomic E-state index is 13.5. The molecule has 0 amide bonds. The van der Waals surface area contributed by atoms with Gasteiger partial charge in [0.2, 0.25) is 0 Å². The molecule has 1 heterocycles. The van der Waals surface area contributed by atoms with E-state index < -0.39 is 9.84 Å². The number of carbonyl (C=O) groups excluding carboxylic acids is 2. The molecule has 3 saturated carbocycles. The van der Waals surface area contributed by atoms with Gasteiger partial charge in [0.05, 0.1) is 16.6 Å². The number of hydrogen-bond acceptors (Lipinski definition) is 5. The van der Waals surface area contributed by atoms with E-state index in [1.807, 2.05) is 31.2 Å². The van der Waals surface area contributed by atoms with E-state index in [0.717, 1.165) is 48.8 Å². The summed E-state index contributed by atoms with van der Waals surface area (Å²) in [6.45, 7) is 1.96. The maximum absolute atomic E-state index is 13.5. The minimum Gasteiger partial charge on any atom is -0.300 e. The molecule has 0 radical (unpaired) electrons. The van der Waals surface area contributed by atoms with Crippen LogP contribution in [0.15, 0.2) is 47.5 Å². The highest BCUT2D eigenvalue weighted by molar-refractivity contribution is 7.92. The second-order valence-corrected chi connectivity index (χ2v) is 12.0. The summed E-state index contributed by atoms with van der Waals surface area (Å²) in [7, 11) is -3.31. The fraction of sp³-hybridized carbons (Fsp3) is 0.444. The number of Topliss-reactive ketones (excluding diaryl/α,β-unsaturated/α-hetero) is 2. The van der Waals surface area contributed by atoms with Gasteiger partial charge < -0.3 is 0 Å². The number of ketones is 2. The lowest BCUT2D eigenvalue weighted by Crippen LogP contribution is -2.12. The first-order chi connectivity index (χ1) is 15.8. The third-order valence-electron chi connectivity index (χ3n) is 6.91. The van der Waals surface area contributed by atoms with Crippen LogP contribution in [0.1, 0.15) is 73.2 Å². The van der Waals surface area contributed by atoms with Crippen molar-refractivity contribution in [3.8, 4) is 0 Å². The minimum atomic E-state index is -3.31. The molecule has 3 aliphatic rings. The number of halogens is 1. The van der Waals surface area contributed by atoms with E-state index in [9.17, 15) is 18.0 Å². The number of hydrogen-bond donors (Lipinski definition) is 0. The highest BCUT2D eigenvalue weighted by Crippen LogP contribution is 2.46. The Labute approximate surface area is 207 Å². The summed E-state index contributed by atoms with van der Waals surface area (Å²) in [5, 5.41) is -0.255. The summed E-state index contributed by atoms with van der Waals surface area (Å²) in [6.07, 6.45) is 9.07. The zero-order valence-corrected chi connectivity index (χ0v) is 21.0. The van der Waals surface area contributed by atoms with Crippen molar-refractivity contribution in [1.29, 1.82) is 0 Å². The highest BCUT2D eigenvalue weighted by atomic mass is 35.5. The van der Waals surface area contributed by atoms with Crippen molar-refractivity contribution < 1.29 is 18.0 Å².